The molecule has 3 aromatic carbocycles. The Kier molecular flexibility index (Phi) is 8.19. The summed E-state index contributed by atoms with van der Waals surface area (Å²) in [7, 11) is -3.72. The van der Waals surface area contributed by atoms with Crippen LogP contribution in [-0.4, -0.2) is 39.8 Å². The van der Waals surface area contributed by atoms with Crippen molar-refractivity contribution in [2.45, 2.75) is 13.0 Å². The molecule has 1 atom stereocenters. The molecular weight excluding hydrogens is 464 g/mol. The summed E-state index contributed by atoms with van der Waals surface area (Å²) in [6.45, 7) is 1.97. The lowest BCUT2D eigenvalue weighted by atomic mass is 10.2. The number of carbonyl (C=O) groups excluding carboxylic acids is 1. The maximum Gasteiger partial charge on any atom is 0.243 e. The predicted octanol–water partition coefficient (Wildman–Crippen LogP) is 4.48. The first-order valence-electron chi connectivity index (χ1n) is 10.2. The molecule has 0 saturated heterocycles. The molecule has 33 heavy (non-hydrogen) atoms. The Hall–Kier alpha value is -3.23. The van der Waals surface area contributed by atoms with Crippen LogP contribution >= 0.6 is 11.6 Å². The first kappa shape index (κ1) is 24.4. The second kappa shape index (κ2) is 11.1. The van der Waals surface area contributed by atoms with Gasteiger partial charge in [0.05, 0.1) is 18.5 Å². The van der Waals surface area contributed by atoms with Crippen LogP contribution in [0, 0.1) is 0 Å². The molecule has 0 aliphatic heterocycles. The van der Waals surface area contributed by atoms with Crippen molar-refractivity contribution in [1.82, 2.24) is 5.32 Å². The summed E-state index contributed by atoms with van der Waals surface area (Å²) in [6, 6.07) is 21.7. The van der Waals surface area contributed by atoms with Crippen molar-refractivity contribution in [2.24, 2.45) is 0 Å². The molecule has 174 valence electrons. The third-order valence-electron chi connectivity index (χ3n) is 4.64. The van der Waals surface area contributed by atoms with Gasteiger partial charge in [0.2, 0.25) is 15.9 Å². The van der Waals surface area contributed by atoms with Crippen LogP contribution < -0.4 is 19.1 Å². The Morgan fingerprint density at radius 3 is 2.12 bits per heavy atom. The maximum atomic E-state index is 12.7. The van der Waals surface area contributed by atoms with Gasteiger partial charge in [-0.05, 0) is 67.6 Å². The Labute approximate surface area is 198 Å². The molecule has 0 heterocycles. The summed E-state index contributed by atoms with van der Waals surface area (Å²) in [5.74, 6) is 1.40. The van der Waals surface area contributed by atoms with Gasteiger partial charge in [-0.3, -0.25) is 9.10 Å². The summed E-state index contributed by atoms with van der Waals surface area (Å²) in [5.41, 5.74) is 0.359. The van der Waals surface area contributed by atoms with E-state index < -0.39 is 22.0 Å². The van der Waals surface area contributed by atoms with E-state index in [0.717, 1.165) is 10.6 Å². The van der Waals surface area contributed by atoms with E-state index >= 15 is 0 Å². The number of hydrogen-bond donors (Lipinski definition) is 1. The van der Waals surface area contributed by atoms with Crippen LogP contribution in [0.5, 0.6) is 17.2 Å². The smallest absolute Gasteiger partial charge is 0.243 e. The van der Waals surface area contributed by atoms with E-state index in [4.69, 9.17) is 21.1 Å². The maximum absolute atomic E-state index is 12.7. The Balaban J connectivity index is 1.61. The second-order valence-corrected chi connectivity index (χ2v) is 9.53. The van der Waals surface area contributed by atoms with E-state index in [-0.39, 0.29) is 13.2 Å². The number of nitrogens with one attached hydrogen (secondary N) is 1. The summed E-state index contributed by atoms with van der Waals surface area (Å²) in [6.07, 6.45) is 1.06. The van der Waals surface area contributed by atoms with Gasteiger partial charge >= 0.3 is 0 Å². The minimum Gasteiger partial charge on any atom is -0.492 e. The minimum absolute atomic E-state index is 0.216. The van der Waals surface area contributed by atoms with Crippen LogP contribution in [0.2, 0.25) is 5.02 Å². The lowest BCUT2D eigenvalue weighted by Crippen LogP contribution is -2.48. The number of anilines is 1. The molecule has 0 aliphatic carbocycles. The number of para-hydroxylation sites is 1. The zero-order chi connectivity index (χ0) is 23.8. The quantitative estimate of drug-likeness (QED) is 0.425. The molecule has 0 saturated carbocycles. The normalized spacial score (nSPS) is 12.0. The van der Waals surface area contributed by atoms with Gasteiger partial charge in [-0.15, -0.1) is 0 Å². The van der Waals surface area contributed by atoms with Crippen LogP contribution in [-0.2, 0) is 14.8 Å². The van der Waals surface area contributed by atoms with Crippen molar-refractivity contribution in [3.8, 4) is 17.2 Å². The van der Waals surface area contributed by atoms with Gasteiger partial charge in [0.25, 0.3) is 0 Å². The molecule has 0 fully saturated rings. The largest absolute Gasteiger partial charge is 0.492 e. The number of halogens is 1. The molecule has 0 spiro atoms. The predicted molar refractivity (Wildman–Crippen MR) is 130 cm³/mol. The number of nitrogens with zero attached hydrogens (tertiary/aromatic N) is 1. The molecule has 0 bridgehead atoms. The standard InChI is InChI=1S/C24H25ClN2O5S/c1-18(24(28)26-16-17-31-21-12-8-19(25)9-13-21)27(33(2,29)30)20-10-14-23(15-11-20)32-22-6-4-3-5-7-22/h3-15,18H,16-17H2,1-2H3,(H,26,28). The van der Waals surface area contributed by atoms with E-state index in [1.165, 1.54) is 6.92 Å². The average Bonchev–Trinajstić information content (AvgIpc) is 2.79. The topological polar surface area (TPSA) is 84.9 Å². The first-order chi connectivity index (χ1) is 15.7. The number of hydrogen-bond acceptors (Lipinski definition) is 5. The molecule has 3 aromatic rings. The fourth-order valence-corrected chi connectivity index (χ4v) is 4.42. The number of rotatable bonds is 10. The molecule has 1 N–H and O–H groups in total. The molecule has 0 radical (unpaired) electrons. The average molecular weight is 489 g/mol. The van der Waals surface area contributed by atoms with Crippen molar-refractivity contribution in [2.75, 3.05) is 23.7 Å². The summed E-state index contributed by atoms with van der Waals surface area (Å²) < 4.78 is 37.3. The van der Waals surface area contributed by atoms with Gasteiger partial charge < -0.3 is 14.8 Å². The minimum atomic E-state index is -3.72. The SMILES string of the molecule is CC(C(=O)NCCOc1ccc(Cl)cc1)N(c1ccc(Oc2ccccc2)cc1)S(C)(=O)=O. The van der Waals surface area contributed by atoms with E-state index in [9.17, 15) is 13.2 Å². The summed E-state index contributed by atoms with van der Waals surface area (Å²) in [4.78, 5) is 12.7. The summed E-state index contributed by atoms with van der Waals surface area (Å²) in [5, 5.41) is 3.31. The summed E-state index contributed by atoms with van der Waals surface area (Å²) >= 11 is 5.84. The van der Waals surface area contributed by atoms with E-state index in [1.54, 1.807) is 48.5 Å². The third-order valence-corrected chi connectivity index (χ3v) is 6.14. The molecule has 9 heteroatoms. The number of amides is 1. The van der Waals surface area contributed by atoms with Crippen LogP contribution in [0.1, 0.15) is 6.92 Å². The molecular formula is C24H25ClN2O5S. The number of benzene rings is 3. The van der Waals surface area contributed by atoms with E-state index in [2.05, 4.69) is 5.32 Å². The zero-order valence-corrected chi connectivity index (χ0v) is 19.8. The molecule has 7 nitrogen and oxygen atoms in total. The Morgan fingerprint density at radius 2 is 1.52 bits per heavy atom. The highest BCUT2D eigenvalue weighted by molar-refractivity contribution is 7.92. The van der Waals surface area contributed by atoms with Crippen molar-refractivity contribution in [3.05, 3.63) is 83.9 Å². The van der Waals surface area contributed by atoms with Crippen LogP contribution in [0.25, 0.3) is 0 Å². The monoisotopic (exact) mass is 488 g/mol. The van der Waals surface area contributed by atoms with E-state index in [1.807, 2.05) is 30.3 Å². The van der Waals surface area contributed by atoms with Gasteiger partial charge in [-0.1, -0.05) is 29.8 Å². The van der Waals surface area contributed by atoms with Gasteiger partial charge in [0.1, 0.15) is 29.9 Å². The lowest BCUT2D eigenvalue weighted by molar-refractivity contribution is -0.121. The van der Waals surface area contributed by atoms with Crippen molar-refractivity contribution in [1.29, 1.82) is 0 Å². The zero-order valence-electron chi connectivity index (χ0n) is 18.3. The van der Waals surface area contributed by atoms with Gasteiger partial charge in [0.15, 0.2) is 0 Å². The highest BCUT2D eigenvalue weighted by atomic mass is 35.5. The fraction of sp³-hybridized carbons (Fsp3) is 0.208. The molecule has 1 amide bonds. The van der Waals surface area contributed by atoms with Crippen molar-refractivity contribution >= 4 is 33.2 Å². The second-order valence-electron chi connectivity index (χ2n) is 7.24. The molecule has 0 aromatic heterocycles. The number of ether oxygens (including phenoxy) is 2. The Morgan fingerprint density at radius 1 is 0.939 bits per heavy atom. The molecule has 0 aliphatic rings. The Bertz CT molecular complexity index is 1150. The van der Waals surface area contributed by atoms with Gasteiger partial charge in [0, 0.05) is 5.02 Å². The van der Waals surface area contributed by atoms with Crippen molar-refractivity contribution in [3.63, 3.8) is 0 Å². The number of carbonyl (C=O) groups is 1. The first-order valence-corrected chi connectivity index (χ1v) is 12.4. The third kappa shape index (κ3) is 7.13. The van der Waals surface area contributed by atoms with Crippen molar-refractivity contribution < 1.29 is 22.7 Å². The molecule has 3 rings (SSSR count). The van der Waals surface area contributed by atoms with Gasteiger partial charge in [-0.25, -0.2) is 8.42 Å². The van der Waals surface area contributed by atoms with Crippen LogP contribution in [0.15, 0.2) is 78.9 Å². The molecule has 1 unspecified atom stereocenters. The highest BCUT2D eigenvalue weighted by Crippen LogP contribution is 2.27. The van der Waals surface area contributed by atoms with Gasteiger partial charge in [-0.2, -0.15) is 0 Å². The van der Waals surface area contributed by atoms with Crippen LogP contribution in [0.4, 0.5) is 5.69 Å². The highest BCUT2D eigenvalue weighted by Gasteiger charge is 2.29. The number of sulfonamides is 1. The fourth-order valence-electron chi connectivity index (χ4n) is 3.12. The lowest BCUT2D eigenvalue weighted by Gasteiger charge is -2.28. The van der Waals surface area contributed by atoms with E-state index in [0.29, 0.717) is 28.0 Å². The van der Waals surface area contributed by atoms with Crippen LogP contribution in [0.3, 0.4) is 0 Å².